The average molecular weight is 311 g/mol. The first-order chi connectivity index (χ1) is 7.43. The molecule has 0 fully saturated rings. The summed E-state index contributed by atoms with van der Waals surface area (Å²) in [5.74, 6) is -1.57. The lowest BCUT2D eigenvalue weighted by molar-refractivity contribution is -0.137. The van der Waals surface area contributed by atoms with Gasteiger partial charge >= 0.3 is 5.97 Å². The van der Waals surface area contributed by atoms with Crippen LogP contribution in [0.15, 0.2) is 16.6 Å². The van der Waals surface area contributed by atoms with Gasteiger partial charge in [-0.1, -0.05) is 27.5 Å². The number of hydrogen-bond acceptors (Lipinski definition) is 2. The highest BCUT2D eigenvalue weighted by Crippen LogP contribution is 2.31. The molecule has 0 radical (unpaired) electrons. The quantitative estimate of drug-likeness (QED) is 0.840. The molecule has 1 unspecified atom stereocenters. The lowest BCUT2D eigenvalue weighted by Crippen LogP contribution is -2.14. The Morgan fingerprint density at radius 3 is 2.81 bits per heavy atom. The van der Waals surface area contributed by atoms with Gasteiger partial charge in [0.2, 0.25) is 0 Å². The Bertz CT molecular complexity index is 414. The lowest BCUT2D eigenvalue weighted by Gasteiger charge is -2.14. The fourth-order valence-corrected chi connectivity index (χ4v) is 2.07. The van der Waals surface area contributed by atoms with Crippen molar-refractivity contribution in [1.29, 1.82) is 0 Å². The maximum absolute atomic E-state index is 13.6. The van der Waals surface area contributed by atoms with Gasteiger partial charge in [-0.05, 0) is 18.6 Å². The monoisotopic (exact) mass is 309 g/mol. The van der Waals surface area contributed by atoms with E-state index >= 15 is 0 Å². The van der Waals surface area contributed by atoms with Crippen molar-refractivity contribution >= 4 is 33.5 Å². The number of aliphatic carboxylic acids is 1. The van der Waals surface area contributed by atoms with Crippen LogP contribution in [0.2, 0.25) is 5.02 Å². The van der Waals surface area contributed by atoms with Crippen molar-refractivity contribution in [2.45, 2.75) is 18.9 Å². The van der Waals surface area contributed by atoms with E-state index in [2.05, 4.69) is 15.9 Å². The summed E-state index contributed by atoms with van der Waals surface area (Å²) >= 11 is 8.79. The lowest BCUT2D eigenvalue weighted by atomic mass is 10.0. The van der Waals surface area contributed by atoms with Crippen molar-refractivity contribution in [2.75, 3.05) is 0 Å². The summed E-state index contributed by atoms with van der Waals surface area (Å²) in [5.41, 5.74) is 5.94. The molecule has 1 aromatic rings. The SMILES string of the molecule is NC(CCC(=O)O)c1c(Br)ccc(Cl)c1F. The van der Waals surface area contributed by atoms with Crippen LogP contribution < -0.4 is 5.73 Å². The summed E-state index contributed by atoms with van der Waals surface area (Å²) in [7, 11) is 0. The van der Waals surface area contributed by atoms with E-state index in [1.54, 1.807) is 6.07 Å². The molecule has 0 heterocycles. The Morgan fingerprint density at radius 1 is 1.62 bits per heavy atom. The normalized spacial score (nSPS) is 12.5. The van der Waals surface area contributed by atoms with E-state index in [0.717, 1.165) is 0 Å². The molecule has 0 aliphatic carbocycles. The van der Waals surface area contributed by atoms with Crippen LogP contribution >= 0.6 is 27.5 Å². The van der Waals surface area contributed by atoms with Crippen molar-refractivity contribution in [2.24, 2.45) is 5.73 Å². The second-order valence-corrected chi connectivity index (χ2v) is 4.56. The Hall–Kier alpha value is -0.650. The van der Waals surface area contributed by atoms with E-state index in [9.17, 15) is 9.18 Å². The van der Waals surface area contributed by atoms with Crippen molar-refractivity contribution in [1.82, 2.24) is 0 Å². The molecule has 1 atom stereocenters. The smallest absolute Gasteiger partial charge is 0.303 e. The highest BCUT2D eigenvalue weighted by molar-refractivity contribution is 9.10. The predicted octanol–water partition coefficient (Wildman–Crippen LogP) is 3.11. The Balaban J connectivity index is 2.94. The Kier molecular flexibility index (Phi) is 4.70. The summed E-state index contributed by atoms with van der Waals surface area (Å²) < 4.78 is 14.1. The largest absolute Gasteiger partial charge is 0.481 e. The minimum atomic E-state index is -0.964. The van der Waals surface area contributed by atoms with Crippen LogP contribution in [0.25, 0.3) is 0 Å². The van der Waals surface area contributed by atoms with Crippen LogP contribution in [-0.4, -0.2) is 11.1 Å². The second-order valence-electron chi connectivity index (χ2n) is 3.30. The summed E-state index contributed by atoms with van der Waals surface area (Å²) in [6.45, 7) is 0. The van der Waals surface area contributed by atoms with Crippen LogP contribution in [0.5, 0.6) is 0 Å². The third kappa shape index (κ3) is 3.17. The third-order valence-corrected chi connectivity index (χ3v) is 3.10. The van der Waals surface area contributed by atoms with Crippen LogP contribution in [-0.2, 0) is 4.79 Å². The van der Waals surface area contributed by atoms with Crippen molar-refractivity contribution < 1.29 is 14.3 Å². The van der Waals surface area contributed by atoms with Crippen LogP contribution in [0.4, 0.5) is 4.39 Å². The molecule has 1 aromatic carbocycles. The first kappa shape index (κ1) is 13.4. The van der Waals surface area contributed by atoms with Crippen LogP contribution in [0.1, 0.15) is 24.4 Å². The summed E-state index contributed by atoms with van der Waals surface area (Å²) in [6.07, 6.45) is 0.0464. The molecule has 0 aliphatic rings. The van der Waals surface area contributed by atoms with Gasteiger partial charge in [-0.3, -0.25) is 4.79 Å². The molecular weight excluding hydrogens is 300 g/mol. The zero-order chi connectivity index (χ0) is 12.3. The first-order valence-corrected chi connectivity index (χ1v) is 5.71. The third-order valence-electron chi connectivity index (χ3n) is 2.12. The summed E-state index contributed by atoms with van der Waals surface area (Å²) in [5, 5.41) is 8.49. The van der Waals surface area contributed by atoms with Gasteiger partial charge in [-0.2, -0.15) is 0 Å². The topological polar surface area (TPSA) is 63.3 Å². The first-order valence-electron chi connectivity index (χ1n) is 4.54. The molecule has 88 valence electrons. The van der Waals surface area contributed by atoms with E-state index in [4.69, 9.17) is 22.4 Å². The maximum Gasteiger partial charge on any atom is 0.303 e. The number of nitrogens with two attached hydrogens (primary N) is 1. The minimum Gasteiger partial charge on any atom is -0.481 e. The average Bonchev–Trinajstić information content (AvgIpc) is 2.21. The minimum absolute atomic E-state index is 0.0241. The standard InChI is InChI=1S/C10H10BrClFNO2/c11-5-1-2-6(12)10(13)9(5)7(14)3-4-8(15)16/h1-2,7H,3-4,14H2,(H,15,16). The Morgan fingerprint density at radius 2 is 2.25 bits per heavy atom. The van der Waals surface area contributed by atoms with Crippen LogP contribution in [0, 0.1) is 5.82 Å². The molecule has 0 bridgehead atoms. The summed E-state index contributed by atoms with van der Waals surface area (Å²) in [4.78, 5) is 10.4. The number of hydrogen-bond donors (Lipinski definition) is 2. The molecule has 0 amide bonds. The van der Waals surface area contributed by atoms with Crippen molar-refractivity contribution in [3.63, 3.8) is 0 Å². The van der Waals surface area contributed by atoms with Crippen molar-refractivity contribution in [3.05, 3.63) is 33.0 Å². The molecule has 6 heteroatoms. The van der Waals surface area contributed by atoms with Gasteiger partial charge in [0, 0.05) is 22.5 Å². The molecule has 3 N–H and O–H groups in total. The van der Waals surface area contributed by atoms with Gasteiger partial charge in [0.05, 0.1) is 5.02 Å². The fourth-order valence-electron chi connectivity index (χ4n) is 1.31. The molecular formula is C10H10BrClFNO2. The van der Waals surface area contributed by atoms with E-state index in [0.29, 0.717) is 4.47 Å². The van der Waals surface area contributed by atoms with Gasteiger partial charge in [-0.25, -0.2) is 4.39 Å². The van der Waals surface area contributed by atoms with Gasteiger partial charge in [0.1, 0.15) is 5.82 Å². The Labute approximate surface area is 106 Å². The molecule has 0 aliphatic heterocycles. The highest BCUT2D eigenvalue weighted by Gasteiger charge is 2.18. The molecule has 16 heavy (non-hydrogen) atoms. The fraction of sp³-hybridized carbons (Fsp3) is 0.300. The van der Waals surface area contributed by atoms with E-state index in [1.807, 2.05) is 0 Å². The van der Waals surface area contributed by atoms with Gasteiger partial charge in [-0.15, -0.1) is 0 Å². The number of benzene rings is 1. The molecule has 0 aromatic heterocycles. The van der Waals surface area contributed by atoms with E-state index < -0.39 is 17.8 Å². The van der Waals surface area contributed by atoms with Gasteiger partial charge < -0.3 is 10.8 Å². The molecule has 0 saturated carbocycles. The van der Waals surface area contributed by atoms with E-state index in [1.165, 1.54) is 6.07 Å². The molecule has 3 nitrogen and oxygen atoms in total. The number of carbonyl (C=O) groups is 1. The number of carboxylic acids is 1. The molecule has 0 spiro atoms. The van der Waals surface area contributed by atoms with E-state index in [-0.39, 0.29) is 23.4 Å². The molecule has 0 saturated heterocycles. The zero-order valence-electron chi connectivity index (χ0n) is 8.21. The zero-order valence-corrected chi connectivity index (χ0v) is 10.6. The van der Waals surface area contributed by atoms with Gasteiger partial charge in [0.15, 0.2) is 0 Å². The summed E-state index contributed by atoms with van der Waals surface area (Å²) in [6, 6.07) is 2.31. The predicted molar refractivity (Wildman–Crippen MR) is 62.9 cm³/mol. The number of carboxylic acid groups (broad SMARTS) is 1. The maximum atomic E-state index is 13.6. The second kappa shape index (κ2) is 5.61. The van der Waals surface area contributed by atoms with Gasteiger partial charge in [0.25, 0.3) is 0 Å². The number of halogens is 3. The molecule has 1 rings (SSSR count). The number of rotatable bonds is 4. The van der Waals surface area contributed by atoms with Crippen molar-refractivity contribution in [3.8, 4) is 0 Å². The van der Waals surface area contributed by atoms with Crippen LogP contribution in [0.3, 0.4) is 0 Å². The highest BCUT2D eigenvalue weighted by atomic mass is 79.9.